The fourth-order valence-electron chi connectivity index (χ4n) is 0. The maximum Gasteiger partial charge on any atom is 1.00 e. The predicted octanol–water partition coefficient (Wildman–Crippen LogP) is -3.73. The number of rotatable bonds is 0. The first-order chi connectivity index (χ1) is 2.64. The number of carboxylic acid groups (broad SMARTS) is 2. The molecule has 0 unspecified atom stereocenters. The monoisotopic (exact) mass is 298 g/mol. The van der Waals surface area contributed by atoms with E-state index in [1.54, 1.807) is 0 Å². The van der Waals surface area contributed by atoms with E-state index in [0.717, 1.165) is 0 Å². The van der Waals surface area contributed by atoms with Gasteiger partial charge in [0, 0.05) is 21.1 Å². The van der Waals surface area contributed by atoms with Gasteiger partial charge in [0.05, 0.1) is 0 Å². The standard InChI is InChI=1S/C2H2O4.Na.W.H/c3-1(4)2(5)6;;;/h(H,3,4)(H,5,6);;;/q;+1;;-1. The average molecular weight is 298 g/mol. The van der Waals surface area contributed by atoms with E-state index in [2.05, 4.69) is 0 Å². The molecule has 0 fully saturated rings. The van der Waals surface area contributed by atoms with Crippen LogP contribution in [0.2, 0.25) is 0 Å². The maximum absolute atomic E-state index is 9.10. The third-order valence-electron chi connectivity index (χ3n) is 0.183. The van der Waals surface area contributed by atoms with Gasteiger partial charge in [-0.25, -0.2) is 9.59 Å². The second-order valence-electron chi connectivity index (χ2n) is 0.610. The molecule has 42 valence electrons. The predicted molar refractivity (Wildman–Crippen MR) is 16.4 cm³/mol. The molecule has 4 nitrogen and oxygen atoms in total. The van der Waals surface area contributed by atoms with E-state index in [9.17, 15) is 0 Å². The van der Waals surface area contributed by atoms with Gasteiger partial charge in [0.1, 0.15) is 0 Å². The molecular formula is C2H3NaO4W. The maximum atomic E-state index is 9.10. The van der Waals surface area contributed by atoms with Crippen molar-refractivity contribution in [1.82, 2.24) is 0 Å². The van der Waals surface area contributed by atoms with Crippen LogP contribution in [0.4, 0.5) is 0 Å². The van der Waals surface area contributed by atoms with Crippen LogP contribution in [-0.4, -0.2) is 22.2 Å². The molecule has 0 amide bonds. The summed E-state index contributed by atoms with van der Waals surface area (Å²) in [6.07, 6.45) is 0. The molecule has 0 aliphatic rings. The largest absolute Gasteiger partial charge is 1.00 e. The normalized spacial score (nSPS) is 5.50. The Morgan fingerprint density at radius 2 is 1.25 bits per heavy atom. The van der Waals surface area contributed by atoms with E-state index in [-0.39, 0.29) is 52.0 Å². The number of carboxylic acids is 2. The first kappa shape index (κ1) is 15.8. The molecule has 0 aromatic carbocycles. The topological polar surface area (TPSA) is 74.6 Å². The molecule has 0 bridgehead atoms. The van der Waals surface area contributed by atoms with E-state index < -0.39 is 11.9 Å². The first-order valence-corrected chi connectivity index (χ1v) is 1.11. The van der Waals surface area contributed by atoms with Crippen molar-refractivity contribution in [2.75, 3.05) is 0 Å². The summed E-state index contributed by atoms with van der Waals surface area (Å²) in [4.78, 5) is 18.2. The Labute approximate surface area is 83.3 Å². The molecule has 2 N–H and O–H groups in total. The molecule has 0 saturated carbocycles. The van der Waals surface area contributed by atoms with Crippen molar-refractivity contribution < 1.29 is 71.9 Å². The zero-order valence-corrected chi connectivity index (χ0v) is 9.05. The summed E-state index contributed by atoms with van der Waals surface area (Å²) in [5.41, 5.74) is 0. The van der Waals surface area contributed by atoms with Crippen LogP contribution >= 0.6 is 0 Å². The van der Waals surface area contributed by atoms with Crippen molar-refractivity contribution in [3.05, 3.63) is 0 Å². The molecule has 0 aliphatic heterocycles. The molecule has 0 radical (unpaired) electrons. The van der Waals surface area contributed by atoms with Crippen molar-refractivity contribution in [3.8, 4) is 0 Å². The summed E-state index contributed by atoms with van der Waals surface area (Å²) in [6.45, 7) is 0. The minimum atomic E-state index is -1.82. The molecule has 6 heteroatoms. The molecule has 0 saturated heterocycles. The average Bonchev–Trinajstić information content (AvgIpc) is 1.36. The van der Waals surface area contributed by atoms with Gasteiger partial charge in [-0.1, -0.05) is 0 Å². The van der Waals surface area contributed by atoms with Crippen molar-refractivity contribution >= 4 is 11.9 Å². The van der Waals surface area contributed by atoms with Crippen LogP contribution in [0.3, 0.4) is 0 Å². The Balaban J connectivity index is -0.0000000417. The van der Waals surface area contributed by atoms with Crippen LogP contribution in [0.5, 0.6) is 0 Å². The zero-order valence-electron chi connectivity index (χ0n) is 5.12. The second-order valence-corrected chi connectivity index (χ2v) is 0.610. The number of aliphatic carboxylic acids is 2. The van der Waals surface area contributed by atoms with Crippen LogP contribution in [0.15, 0.2) is 0 Å². The minimum Gasteiger partial charge on any atom is -1.00 e. The molecule has 0 aromatic heterocycles. The molecule has 0 atom stereocenters. The smallest absolute Gasteiger partial charge is 1.00 e. The molecule has 0 rings (SSSR count). The SMILES string of the molecule is O=C(O)C(=O)O.[H-].[Na+].[W]. The van der Waals surface area contributed by atoms with Crippen LogP contribution in [0.25, 0.3) is 0 Å². The van der Waals surface area contributed by atoms with Crippen LogP contribution in [0, 0.1) is 0 Å². The van der Waals surface area contributed by atoms with Gasteiger partial charge in [0.15, 0.2) is 0 Å². The molecule has 0 heterocycles. The van der Waals surface area contributed by atoms with Crippen LogP contribution in [-0.2, 0) is 30.7 Å². The van der Waals surface area contributed by atoms with Crippen LogP contribution < -0.4 is 29.6 Å². The quantitative estimate of drug-likeness (QED) is 0.356. The van der Waals surface area contributed by atoms with Crippen molar-refractivity contribution in [3.63, 3.8) is 0 Å². The van der Waals surface area contributed by atoms with Gasteiger partial charge in [-0.15, -0.1) is 0 Å². The van der Waals surface area contributed by atoms with Crippen molar-refractivity contribution in [2.45, 2.75) is 0 Å². The summed E-state index contributed by atoms with van der Waals surface area (Å²) in [7, 11) is 0. The van der Waals surface area contributed by atoms with Gasteiger partial charge in [-0.3, -0.25) is 0 Å². The van der Waals surface area contributed by atoms with E-state index in [0.29, 0.717) is 0 Å². The van der Waals surface area contributed by atoms with Crippen LogP contribution in [0.1, 0.15) is 1.43 Å². The fraction of sp³-hybridized carbons (Fsp3) is 0. The minimum absolute atomic E-state index is 0. The summed E-state index contributed by atoms with van der Waals surface area (Å²) in [6, 6.07) is 0. The van der Waals surface area contributed by atoms with E-state index in [1.807, 2.05) is 0 Å². The number of carbonyl (C=O) groups is 2. The van der Waals surface area contributed by atoms with Gasteiger partial charge in [0.2, 0.25) is 0 Å². The third-order valence-corrected chi connectivity index (χ3v) is 0.183. The Morgan fingerprint density at radius 3 is 1.25 bits per heavy atom. The van der Waals surface area contributed by atoms with Gasteiger partial charge in [0.25, 0.3) is 0 Å². The molecule has 0 spiro atoms. The molecular weight excluding hydrogens is 295 g/mol. The summed E-state index contributed by atoms with van der Waals surface area (Å²) in [5.74, 6) is -3.65. The summed E-state index contributed by atoms with van der Waals surface area (Å²) >= 11 is 0. The van der Waals surface area contributed by atoms with Gasteiger partial charge < -0.3 is 11.6 Å². The van der Waals surface area contributed by atoms with E-state index in [1.165, 1.54) is 0 Å². The Hall–Kier alpha value is 0.628. The molecule has 0 aromatic rings. The van der Waals surface area contributed by atoms with Gasteiger partial charge >= 0.3 is 41.5 Å². The number of hydrogen-bond donors (Lipinski definition) is 2. The van der Waals surface area contributed by atoms with Gasteiger partial charge in [-0.05, 0) is 0 Å². The third kappa shape index (κ3) is 9.80. The molecule has 8 heavy (non-hydrogen) atoms. The fourth-order valence-corrected chi connectivity index (χ4v) is 0. The van der Waals surface area contributed by atoms with Crippen molar-refractivity contribution in [2.24, 2.45) is 0 Å². The molecule has 0 aliphatic carbocycles. The Bertz CT molecular complexity index is 84.6. The van der Waals surface area contributed by atoms with E-state index in [4.69, 9.17) is 19.8 Å². The van der Waals surface area contributed by atoms with Gasteiger partial charge in [-0.2, -0.15) is 0 Å². The zero-order chi connectivity index (χ0) is 5.15. The first-order valence-electron chi connectivity index (χ1n) is 1.11. The Kier molecular flexibility index (Phi) is 15.1. The van der Waals surface area contributed by atoms with Crippen molar-refractivity contribution in [1.29, 1.82) is 0 Å². The van der Waals surface area contributed by atoms with E-state index >= 15 is 0 Å². The summed E-state index contributed by atoms with van der Waals surface area (Å²) in [5, 5.41) is 14.8. The Morgan fingerprint density at radius 1 is 1.12 bits per heavy atom. The summed E-state index contributed by atoms with van der Waals surface area (Å²) < 4.78 is 0. The second kappa shape index (κ2) is 7.63. The number of hydrogen-bond acceptors (Lipinski definition) is 2.